The Morgan fingerprint density at radius 1 is 0.722 bits per heavy atom. The molecule has 0 amide bonds. The molecule has 0 aliphatic rings. The molecule has 5 aromatic carbocycles. The van der Waals surface area contributed by atoms with Crippen molar-refractivity contribution in [3.05, 3.63) is 96.6 Å². The van der Waals surface area contributed by atoms with Crippen LogP contribution in [0.1, 0.15) is 5.56 Å². The van der Waals surface area contributed by atoms with Gasteiger partial charge in [-0.2, -0.15) is 13.2 Å². The molecular weight excluding hydrogens is 491 g/mol. The maximum absolute atomic E-state index is 13.1. The van der Waals surface area contributed by atoms with Gasteiger partial charge in [-0.15, -0.1) is 0 Å². The van der Waals surface area contributed by atoms with Crippen LogP contribution in [-0.2, 0) is 16.2 Å². The van der Waals surface area contributed by atoms with E-state index in [0.717, 1.165) is 17.5 Å². The summed E-state index contributed by atoms with van der Waals surface area (Å²) < 4.78 is 67.4. The smallest absolute Gasteiger partial charge is 0.416 e. The van der Waals surface area contributed by atoms with E-state index in [0.29, 0.717) is 33.9 Å². The summed E-state index contributed by atoms with van der Waals surface area (Å²) in [7, 11) is -4.29. The van der Waals surface area contributed by atoms with Crippen LogP contribution in [0, 0.1) is 0 Å². The quantitative estimate of drug-likeness (QED) is 0.230. The number of hydrogen-bond acceptors (Lipinski definition) is 4. The third-order valence-electron chi connectivity index (χ3n) is 5.93. The van der Waals surface area contributed by atoms with Crippen molar-refractivity contribution in [2.45, 2.75) is 11.1 Å². The molecule has 0 aliphatic carbocycles. The van der Waals surface area contributed by atoms with Gasteiger partial charge in [-0.3, -0.25) is 4.72 Å². The number of aromatic hydroxyl groups is 2. The molecule has 0 heterocycles. The van der Waals surface area contributed by atoms with E-state index in [1.165, 1.54) is 12.1 Å². The SMILES string of the molecule is O=S(=O)(Nc1cc(-c2c(O)ccc3ccccc23)c(O)c2ccccc12)c1ccc(C(F)(F)F)cc1. The van der Waals surface area contributed by atoms with E-state index in [2.05, 4.69) is 4.72 Å². The molecular formula is C27H18F3NO4S. The Kier molecular flexibility index (Phi) is 5.52. The summed E-state index contributed by atoms with van der Waals surface area (Å²) >= 11 is 0. The second-order valence-electron chi connectivity index (χ2n) is 8.17. The highest BCUT2D eigenvalue weighted by Gasteiger charge is 2.31. The van der Waals surface area contributed by atoms with Crippen molar-refractivity contribution < 1.29 is 31.8 Å². The Balaban J connectivity index is 1.69. The van der Waals surface area contributed by atoms with Gasteiger partial charge in [-0.1, -0.05) is 54.6 Å². The van der Waals surface area contributed by atoms with Crippen LogP contribution in [-0.4, -0.2) is 18.6 Å². The minimum absolute atomic E-state index is 0.0885. The molecule has 36 heavy (non-hydrogen) atoms. The molecule has 0 unspecified atom stereocenters. The topological polar surface area (TPSA) is 86.6 Å². The van der Waals surface area contributed by atoms with Crippen molar-refractivity contribution in [2.24, 2.45) is 0 Å². The van der Waals surface area contributed by atoms with Crippen molar-refractivity contribution in [1.29, 1.82) is 0 Å². The summed E-state index contributed by atoms with van der Waals surface area (Å²) in [5.74, 6) is -0.273. The first-order valence-electron chi connectivity index (χ1n) is 10.7. The van der Waals surface area contributed by atoms with Crippen LogP contribution in [0.25, 0.3) is 32.7 Å². The van der Waals surface area contributed by atoms with Crippen LogP contribution in [0.3, 0.4) is 0 Å². The molecule has 0 saturated carbocycles. The van der Waals surface area contributed by atoms with Crippen LogP contribution in [0.5, 0.6) is 11.5 Å². The molecule has 3 N–H and O–H groups in total. The Labute approximate surface area is 204 Å². The molecule has 5 rings (SSSR count). The van der Waals surface area contributed by atoms with Gasteiger partial charge < -0.3 is 10.2 Å². The molecule has 0 aromatic heterocycles. The first-order valence-corrected chi connectivity index (χ1v) is 12.2. The van der Waals surface area contributed by atoms with E-state index in [9.17, 15) is 31.8 Å². The maximum atomic E-state index is 13.1. The lowest BCUT2D eigenvalue weighted by Gasteiger charge is -2.17. The van der Waals surface area contributed by atoms with Gasteiger partial charge in [0.15, 0.2) is 0 Å². The minimum Gasteiger partial charge on any atom is -0.507 e. The summed E-state index contributed by atoms with van der Waals surface area (Å²) in [5, 5.41) is 24.0. The molecule has 0 saturated heterocycles. The fourth-order valence-corrected chi connectivity index (χ4v) is 5.28. The highest BCUT2D eigenvalue weighted by Crippen LogP contribution is 2.46. The number of halogens is 3. The second kappa shape index (κ2) is 8.46. The first-order chi connectivity index (χ1) is 17.1. The van der Waals surface area contributed by atoms with E-state index in [1.807, 2.05) is 12.1 Å². The fraction of sp³-hybridized carbons (Fsp3) is 0.0370. The second-order valence-corrected chi connectivity index (χ2v) is 9.86. The normalized spacial score (nSPS) is 12.2. The van der Waals surface area contributed by atoms with Crippen LogP contribution >= 0.6 is 0 Å². The van der Waals surface area contributed by atoms with Gasteiger partial charge >= 0.3 is 6.18 Å². The highest BCUT2D eigenvalue weighted by molar-refractivity contribution is 7.92. The lowest BCUT2D eigenvalue weighted by atomic mass is 9.93. The van der Waals surface area contributed by atoms with Gasteiger partial charge in [0.05, 0.1) is 16.1 Å². The van der Waals surface area contributed by atoms with Gasteiger partial charge in [0.25, 0.3) is 10.0 Å². The van der Waals surface area contributed by atoms with E-state index in [-0.39, 0.29) is 27.6 Å². The molecule has 182 valence electrons. The number of rotatable bonds is 4. The molecule has 5 aromatic rings. The first kappa shape index (κ1) is 23.5. The number of phenolic OH excluding ortho intramolecular Hbond substituents is 2. The number of alkyl halides is 3. The van der Waals surface area contributed by atoms with Crippen LogP contribution in [0.4, 0.5) is 18.9 Å². The number of sulfonamides is 1. The number of anilines is 1. The molecule has 0 radical (unpaired) electrons. The monoisotopic (exact) mass is 509 g/mol. The number of hydrogen-bond donors (Lipinski definition) is 3. The van der Waals surface area contributed by atoms with Gasteiger partial charge in [-0.25, -0.2) is 8.42 Å². The van der Waals surface area contributed by atoms with E-state index in [1.54, 1.807) is 42.5 Å². The van der Waals surface area contributed by atoms with Gasteiger partial charge in [0.2, 0.25) is 0 Å². The fourth-order valence-electron chi connectivity index (χ4n) is 4.20. The Bertz CT molecular complexity index is 1730. The molecule has 0 atom stereocenters. The zero-order valence-electron chi connectivity index (χ0n) is 18.4. The third kappa shape index (κ3) is 4.07. The average molecular weight is 510 g/mol. The van der Waals surface area contributed by atoms with Crippen molar-refractivity contribution in [3.63, 3.8) is 0 Å². The Morgan fingerprint density at radius 3 is 2.00 bits per heavy atom. The molecule has 0 spiro atoms. The Morgan fingerprint density at radius 2 is 1.33 bits per heavy atom. The summed E-state index contributed by atoms with van der Waals surface area (Å²) in [4.78, 5) is -0.359. The van der Waals surface area contributed by atoms with Crippen LogP contribution in [0.2, 0.25) is 0 Å². The zero-order chi connectivity index (χ0) is 25.7. The third-order valence-corrected chi connectivity index (χ3v) is 7.31. The van der Waals surface area contributed by atoms with E-state index in [4.69, 9.17) is 0 Å². The summed E-state index contributed by atoms with van der Waals surface area (Å²) in [6.07, 6.45) is -4.60. The standard InChI is InChI=1S/C27H18F3NO4S/c28-27(29,30)17-10-12-18(13-11-17)36(34,35)31-23-15-22(26(33)21-8-4-3-7-20(21)23)25-19-6-2-1-5-16(19)9-14-24(25)32/h1-15,31-33H. The van der Waals surface area contributed by atoms with Crippen molar-refractivity contribution in [3.8, 4) is 22.6 Å². The molecule has 0 bridgehead atoms. The van der Waals surface area contributed by atoms with Crippen LogP contribution in [0.15, 0.2) is 95.9 Å². The lowest BCUT2D eigenvalue weighted by molar-refractivity contribution is -0.137. The van der Waals surface area contributed by atoms with Gasteiger partial charge in [-0.05, 0) is 47.2 Å². The highest BCUT2D eigenvalue weighted by atomic mass is 32.2. The molecule has 0 fully saturated rings. The predicted molar refractivity (Wildman–Crippen MR) is 132 cm³/mol. The largest absolute Gasteiger partial charge is 0.507 e. The summed E-state index contributed by atoms with van der Waals surface area (Å²) in [5.41, 5.74) is -0.379. The minimum atomic E-state index is -4.60. The lowest BCUT2D eigenvalue weighted by Crippen LogP contribution is -2.14. The Hall–Kier alpha value is -4.24. The summed E-state index contributed by atoms with van der Waals surface area (Å²) in [6, 6.07) is 21.5. The van der Waals surface area contributed by atoms with E-state index >= 15 is 0 Å². The van der Waals surface area contributed by atoms with Crippen molar-refractivity contribution in [2.75, 3.05) is 4.72 Å². The number of nitrogens with one attached hydrogen (secondary N) is 1. The number of benzene rings is 5. The average Bonchev–Trinajstić information content (AvgIpc) is 2.85. The number of phenols is 2. The summed E-state index contributed by atoms with van der Waals surface area (Å²) in [6.45, 7) is 0. The van der Waals surface area contributed by atoms with Crippen molar-refractivity contribution >= 4 is 37.3 Å². The molecule has 5 nitrogen and oxygen atoms in total. The van der Waals surface area contributed by atoms with Crippen LogP contribution < -0.4 is 4.72 Å². The zero-order valence-corrected chi connectivity index (χ0v) is 19.2. The van der Waals surface area contributed by atoms with Gasteiger partial charge in [0, 0.05) is 21.9 Å². The molecule has 0 aliphatic heterocycles. The van der Waals surface area contributed by atoms with E-state index < -0.39 is 21.8 Å². The number of fused-ring (bicyclic) bond motifs is 2. The van der Waals surface area contributed by atoms with Gasteiger partial charge in [0.1, 0.15) is 11.5 Å². The van der Waals surface area contributed by atoms with Crippen molar-refractivity contribution in [1.82, 2.24) is 0 Å². The predicted octanol–water partition coefficient (Wildman–Crippen LogP) is 6.89. The maximum Gasteiger partial charge on any atom is 0.416 e. The molecule has 9 heteroatoms.